The van der Waals surface area contributed by atoms with Crippen molar-refractivity contribution in [2.45, 2.75) is 44.3 Å². The van der Waals surface area contributed by atoms with Gasteiger partial charge in [-0.3, -0.25) is 4.90 Å². The number of aldehydes is 1. The third kappa shape index (κ3) is 5.64. The van der Waals surface area contributed by atoms with E-state index in [1.165, 1.54) is 12.1 Å². The maximum atomic E-state index is 12.4. The van der Waals surface area contributed by atoms with Crippen molar-refractivity contribution in [3.63, 3.8) is 0 Å². The highest BCUT2D eigenvalue weighted by molar-refractivity contribution is 6.30. The number of nitrogens with zero attached hydrogens (tertiary/aromatic N) is 1. The summed E-state index contributed by atoms with van der Waals surface area (Å²) in [7, 11) is 1.56. The van der Waals surface area contributed by atoms with Crippen molar-refractivity contribution in [1.82, 2.24) is 4.90 Å². The van der Waals surface area contributed by atoms with Crippen LogP contribution >= 0.6 is 11.6 Å². The van der Waals surface area contributed by atoms with Gasteiger partial charge in [0.25, 0.3) is 0 Å². The fraction of sp³-hybridized carbons (Fsp3) is 0.381. The number of rotatable bonds is 6. The Morgan fingerprint density at radius 3 is 2.48 bits per heavy atom. The van der Waals surface area contributed by atoms with Gasteiger partial charge in [0.05, 0.1) is 13.2 Å². The minimum Gasteiger partial charge on any atom is -0.497 e. The number of carbonyl (C=O) groups excluding carboxylic acids is 1. The van der Waals surface area contributed by atoms with E-state index in [2.05, 4.69) is 9.64 Å². The van der Waals surface area contributed by atoms with Crippen molar-refractivity contribution in [1.29, 1.82) is 0 Å². The molecule has 0 saturated carbocycles. The van der Waals surface area contributed by atoms with Crippen LogP contribution in [-0.2, 0) is 11.3 Å². The molecule has 2 aromatic carbocycles. The second-order valence-corrected chi connectivity index (χ2v) is 7.38. The Bertz CT molecular complexity index is 842. The van der Waals surface area contributed by atoms with E-state index >= 15 is 0 Å². The van der Waals surface area contributed by atoms with Gasteiger partial charge in [0.1, 0.15) is 17.8 Å². The standard InChI is InChI=1S/C21H21ClF3NO3/c1-28-19-10-15(9-16(22)11-19)20-4-2-3-17(13-27)26(20)12-14-5-7-18(8-6-14)29-21(23,24)25/h5-11,13,17,20H,2-4,12H2,1H3. The molecule has 0 aromatic heterocycles. The van der Waals surface area contributed by atoms with E-state index in [0.29, 0.717) is 17.3 Å². The maximum Gasteiger partial charge on any atom is 0.573 e. The molecule has 156 valence electrons. The van der Waals surface area contributed by atoms with E-state index in [-0.39, 0.29) is 17.8 Å². The number of piperidine rings is 1. The van der Waals surface area contributed by atoms with Crippen LogP contribution in [0.4, 0.5) is 13.2 Å². The number of likely N-dealkylation sites (tertiary alicyclic amines) is 1. The molecule has 2 aromatic rings. The first-order chi connectivity index (χ1) is 13.8. The first kappa shape index (κ1) is 21.5. The minimum atomic E-state index is -4.73. The number of hydrogen-bond acceptors (Lipinski definition) is 4. The summed E-state index contributed by atoms with van der Waals surface area (Å²) < 4.78 is 46.3. The van der Waals surface area contributed by atoms with Crippen LogP contribution in [0.1, 0.15) is 36.4 Å². The van der Waals surface area contributed by atoms with Crippen molar-refractivity contribution in [3.8, 4) is 11.5 Å². The summed E-state index contributed by atoms with van der Waals surface area (Å²) in [6, 6.07) is 10.8. The Morgan fingerprint density at radius 2 is 1.86 bits per heavy atom. The van der Waals surface area contributed by atoms with Crippen molar-refractivity contribution < 1.29 is 27.4 Å². The van der Waals surface area contributed by atoms with Gasteiger partial charge in [-0.15, -0.1) is 13.2 Å². The number of ether oxygens (including phenoxy) is 2. The molecule has 0 radical (unpaired) electrons. The van der Waals surface area contributed by atoms with Gasteiger partial charge >= 0.3 is 6.36 Å². The normalized spacial score (nSPS) is 20.3. The quantitative estimate of drug-likeness (QED) is 0.567. The molecule has 0 N–H and O–H groups in total. The Labute approximate surface area is 172 Å². The van der Waals surface area contributed by atoms with E-state index in [1.54, 1.807) is 25.3 Å². The molecule has 2 atom stereocenters. The van der Waals surface area contributed by atoms with Gasteiger partial charge in [-0.1, -0.05) is 23.7 Å². The molecule has 1 fully saturated rings. The first-order valence-corrected chi connectivity index (χ1v) is 9.57. The van der Waals surface area contributed by atoms with E-state index in [9.17, 15) is 18.0 Å². The lowest BCUT2D eigenvalue weighted by molar-refractivity contribution is -0.274. The number of halogens is 4. The summed E-state index contributed by atoms with van der Waals surface area (Å²) in [5, 5.41) is 0.543. The Morgan fingerprint density at radius 1 is 1.14 bits per heavy atom. The molecule has 0 spiro atoms. The largest absolute Gasteiger partial charge is 0.573 e. The third-order valence-electron chi connectivity index (χ3n) is 5.00. The summed E-state index contributed by atoms with van der Waals surface area (Å²) in [5.41, 5.74) is 1.73. The molecule has 1 saturated heterocycles. The molecule has 0 bridgehead atoms. The second kappa shape index (κ2) is 9.05. The molecule has 1 heterocycles. The summed E-state index contributed by atoms with van der Waals surface area (Å²) in [6.07, 6.45) is -1.35. The molecule has 0 aliphatic carbocycles. The van der Waals surface area contributed by atoms with Crippen LogP contribution in [-0.4, -0.2) is 30.7 Å². The maximum absolute atomic E-state index is 12.4. The van der Waals surface area contributed by atoms with Gasteiger partial charge in [-0.05, 0) is 60.7 Å². The van der Waals surface area contributed by atoms with Crippen LogP contribution < -0.4 is 9.47 Å². The molecule has 1 aliphatic rings. The number of hydrogen-bond donors (Lipinski definition) is 0. The predicted molar refractivity (Wildman–Crippen MR) is 103 cm³/mol. The molecule has 0 amide bonds. The first-order valence-electron chi connectivity index (χ1n) is 9.19. The highest BCUT2D eigenvalue weighted by Crippen LogP contribution is 2.38. The van der Waals surface area contributed by atoms with Crippen LogP contribution in [0.3, 0.4) is 0 Å². The number of alkyl halides is 3. The van der Waals surface area contributed by atoms with Crippen LogP contribution in [0.2, 0.25) is 5.02 Å². The van der Waals surface area contributed by atoms with E-state index in [0.717, 1.165) is 36.7 Å². The lowest BCUT2D eigenvalue weighted by Crippen LogP contribution is -2.42. The van der Waals surface area contributed by atoms with Gasteiger partial charge < -0.3 is 14.3 Å². The third-order valence-corrected chi connectivity index (χ3v) is 5.22. The van der Waals surface area contributed by atoms with Gasteiger partial charge in [0.2, 0.25) is 0 Å². The zero-order valence-corrected chi connectivity index (χ0v) is 16.5. The molecule has 1 aliphatic heterocycles. The smallest absolute Gasteiger partial charge is 0.497 e. The topological polar surface area (TPSA) is 38.8 Å². The van der Waals surface area contributed by atoms with Gasteiger partial charge in [0.15, 0.2) is 0 Å². The van der Waals surface area contributed by atoms with Crippen LogP contribution in [0.15, 0.2) is 42.5 Å². The average Bonchev–Trinajstić information content (AvgIpc) is 2.68. The second-order valence-electron chi connectivity index (χ2n) is 6.94. The molecule has 29 heavy (non-hydrogen) atoms. The highest BCUT2D eigenvalue weighted by atomic mass is 35.5. The minimum absolute atomic E-state index is 0.0577. The fourth-order valence-corrected chi connectivity index (χ4v) is 3.95. The Hall–Kier alpha value is -2.25. The van der Waals surface area contributed by atoms with E-state index in [1.807, 2.05) is 12.1 Å². The summed E-state index contributed by atoms with van der Waals surface area (Å²) in [6.45, 7) is 0.412. The lowest BCUT2D eigenvalue weighted by Gasteiger charge is -2.40. The van der Waals surface area contributed by atoms with Gasteiger partial charge in [0, 0.05) is 17.6 Å². The van der Waals surface area contributed by atoms with Crippen molar-refractivity contribution in [2.24, 2.45) is 0 Å². The van der Waals surface area contributed by atoms with Crippen LogP contribution in [0.5, 0.6) is 11.5 Å². The van der Waals surface area contributed by atoms with Gasteiger partial charge in [-0.25, -0.2) is 0 Å². The summed E-state index contributed by atoms with van der Waals surface area (Å²) >= 11 is 6.22. The van der Waals surface area contributed by atoms with Crippen molar-refractivity contribution >= 4 is 17.9 Å². The molecular formula is C21H21ClF3NO3. The zero-order valence-electron chi connectivity index (χ0n) is 15.8. The van der Waals surface area contributed by atoms with E-state index in [4.69, 9.17) is 16.3 Å². The molecule has 2 unspecified atom stereocenters. The highest BCUT2D eigenvalue weighted by Gasteiger charge is 2.33. The molecule has 8 heteroatoms. The summed E-state index contributed by atoms with van der Waals surface area (Å²) in [4.78, 5) is 13.8. The molecule has 3 rings (SSSR count). The monoisotopic (exact) mass is 427 g/mol. The van der Waals surface area contributed by atoms with Crippen LogP contribution in [0, 0.1) is 0 Å². The number of methoxy groups -OCH3 is 1. The molecular weight excluding hydrogens is 407 g/mol. The van der Waals surface area contributed by atoms with Crippen LogP contribution in [0.25, 0.3) is 0 Å². The SMILES string of the molecule is COc1cc(Cl)cc(C2CCCC(C=O)N2Cc2ccc(OC(F)(F)F)cc2)c1. The zero-order chi connectivity index (χ0) is 21.0. The lowest BCUT2D eigenvalue weighted by atomic mass is 9.90. The Balaban J connectivity index is 1.85. The van der Waals surface area contributed by atoms with E-state index < -0.39 is 6.36 Å². The average molecular weight is 428 g/mol. The fourth-order valence-electron chi connectivity index (χ4n) is 3.72. The van der Waals surface area contributed by atoms with Gasteiger partial charge in [-0.2, -0.15) is 0 Å². The number of benzene rings is 2. The summed E-state index contributed by atoms with van der Waals surface area (Å²) in [5.74, 6) is 0.359. The Kier molecular flexibility index (Phi) is 6.70. The number of carbonyl (C=O) groups is 1. The van der Waals surface area contributed by atoms with Crippen molar-refractivity contribution in [3.05, 3.63) is 58.6 Å². The van der Waals surface area contributed by atoms with Crippen molar-refractivity contribution in [2.75, 3.05) is 7.11 Å². The molecule has 4 nitrogen and oxygen atoms in total. The predicted octanol–water partition coefficient (Wildman–Crippen LogP) is 5.54.